The van der Waals surface area contributed by atoms with Gasteiger partial charge in [-0.1, -0.05) is 0 Å². The normalized spacial score (nSPS) is 12.2. The van der Waals surface area contributed by atoms with Crippen molar-refractivity contribution < 1.29 is 24.2 Å². The second kappa shape index (κ2) is 6.09. The molecule has 0 amide bonds. The van der Waals surface area contributed by atoms with E-state index in [9.17, 15) is 9.59 Å². The molecule has 0 spiro atoms. The lowest BCUT2D eigenvalue weighted by Gasteiger charge is -2.10. The van der Waals surface area contributed by atoms with Gasteiger partial charge >= 0.3 is 11.9 Å². The predicted octanol–water partition coefficient (Wildman–Crippen LogP) is 2.52. The maximum atomic E-state index is 12.2. The van der Waals surface area contributed by atoms with Crippen LogP contribution in [0, 0.1) is 6.92 Å². The fourth-order valence-electron chi connectivity index (χ4n) is 2.34. The number of carbonyl (C=O) groups excluding carboxylic acids is 1. The van der Waals surface area contributed by atoms with Gasteiger partial charge in [0.05, 0.1) is 12.2 Å². The SMILES string of the molecule is CCOC(=O)c1c(C)n(C)c2ccc(O[C@@H](C)C(=O)O)cc12. The van der Waals surface area contributed by atoms with E-state index in [0.717, 1.165) is 11.2 Å². The summed E-state index contributed by atoms with van der Waals surface area (Å²) in [4.78, 5) is 23.0. The number of carboxylic acids is 1. The summed E-state index contributed by atoms with van der Waals surface area (Å²) in [7, 11) is 1.86. The molecule has 1 N–H and O–H groups in total. The van der Waals surface area contributed by atoms with Crippen LogP contribution in [0.15, 0.2) is 18.2 Å². The Labute approximate surface area is 128 Å². The number of hydrogen-bond donors (Lipinski definition) is 1. The molecular weight excluding hydrogens is 286 g/mol. The minimum atomic E-state index is -1.05. The van der Waals surface area contributed by atoms with Crippen LogP contribution in [0.25, 0.3) is 10.9 Å². The molecule has 0 radical (unpaired) electrons. The number of esters is 1. The third kappa shape index (κ3) is 2.77. The van der Waals surface area contributed by atoms with E-state index in [0.29, 0.717) is 23.3 Å². The van der Waals surface area contributed by atoms with Crippen LogP contribution in [0.3, 0.4) is 0 Å². The first-order valence-electron chi connectivity index (χ1n) is 7.02. The van der Waals surface area contributed by atoms with Crippen molar-refractivity contribution in [2.45, 2.75) is 26.9 Å². The number of fused-ring (bicyclic) bond motifs is 1. The Morgan fingerprint density at radius 1 is 1.36 bits per heavy atom. The summed E-state index contributed by atoms with van der Waals surface area (Å²) in [5.41, 5.74) is 2.13. The van der Waals surface area contributed by atoms with Crippen molar-refractivity contribution in [3.05, 3.63) is 29.5 Å². The number of nitrogens with zero attached hydrogens (tertiary/aromatic N) is 1. The summed E-state index contributed by atoms with van der Waals surface area (Å²) >= 11 is 0. The molecule has 0 aliphatic heterocycles. The molecule has 0 unspecified atom stereocenters. The van der Waals surface area contributed by atoms with Crippen molar-refractivity contribution in [3.63, 3.8) is 0 Å². The molecule has 0 saturated carbocycles. The summed E-state index contributed by atoms with van der Waals surface area (Å²) < 4.78 is 12.4. The number of aromatic nitrogens is 1. The number of carboxylic acid groups (broad SMARTS) is 1. The molecule has 6 nitrogen and oxygen atoms in total. The largest absolute Gasteiger partial charge is 0.479 e. The van der Waals surface area contributed by atoms with E-state index < -0.39 is 18.0 Å². The standard InChI is InChI=1S/C16H19NO5/c1-5-21-16(20)14-9(2)17(4)13-7-6-11(8-12(13)14)22-10(3)15(18)19/h6-8,10H,5H2,1-4H3,(H,18,19)/t10-/m0/s1. The van der Waals surface area contributed by atoms with Gasteiger partial charge in [0.25, 0.3) is 0 Å². The number of hydrogen-bond acceptors (Lipinski definition) is 4. The molecule has 0 aliphatic carbocycles. The average Bonchev–Trinajstić information content (AvgIpc) is 2.70. The third-order valence-electron chi connectivity index (χ3n) is 3.60. The number of benzene rings is 1. The fraction of sp³-hybridized carbons (Fsp3) is 0.375. The second-order valence-corrected chi connectivity index (χ2v) is 5.02. The van der Waals surface area contributed by atoms with Crippen molar-refractivity contribution in [3.8, 4) is 5.75 Å². The van der Waals surface area contributed by atoms with Crippen LogP contribution in [0.2, 0.25) is 0 Å². The van der Waals surface area contributed by atoms with E-state index in [4.69, 9.17) is 14.6 Å². The van der Waals surface area contributed by atoms with Gasteiger partial charge in [-0.05, 0) is 39.0 Å². The summed E-state index contributed by atoms with van der Waals surface area (Å²) in [6, 6.07) is 5.17. The van der Waals surface area contributed by atoms with Gasteiger partial charge in [-0.2, -0.15) is 0 Å². The zero-order valence-electron chi connectivity index (χ0n) is 13.0. The number of ether oxygens (including phenoxy) is 2. The molecule has 6 heteroatoms. The lowest BCUT2D eigenvalue weighted by molar-refractivity contribution is -0.144. The van der Waals surface area contributed by atoms with E-state index >= 15 is 0 Å². The number of carbonyl (C=O) groups is 2. The van der Waals surface area contributed by atoms with Crippen LogP contribution in [-0.2, 0) is 16.6 Å². The zero-order valence-corrected chi connectivity index (χ0v) is 13.0. The minimum absolute atomic E-state index is 0.293. The summed E-state index contributed by atoms with van der Waals surface area (Å²) in [5, 5.41) is 9.60. The molecule has 1 atom stereocenters. The molecule has 0 aliphatic rings. The van der Waals surface area contributed by atoms with Gasteiger partial charge in [0.15, 0.2) is 6.10 Å². The van der Waals surface area contributed by atoms with E-state index in [2.05, 4.69) is 0 Å². The quantitative estimate of drug-likeness (QED) is 0.859. The van der Waals surface area contributed by atoms with Gasteiger partial charge in [0.2, 0.25) is 0 Å². The van der Waals surface area contributed by atoms with Crippen LogP contribution in [0.1, 0.15) is 29.9 Å². The molecule has 1 aromatic carbocycles. The van der Waals surface area contributed by atoms with Gasteiger partial charge in [0.1, 0.15) is 5.75 Å². The highest BCUT2D eigenvalue weighted by molar-refractivity contribution is 6.06. The van der Waals surface area contributed by atoms with Gasteiger partial charge in [-0.15, -0.1) is 0 Å². The van der Waals surface area contributed by atoms with Crippen LogP contribution >= 0.6 is 0 Å². The van der Waals surface area contributed by atoms with Crippen molar-refractivity contribution in [1.29, 1.82) is 0 Å². The van der Waals surface area contributed by atoms with E-state index in [1.807, 2.05) is 18.5 Å². The predicted molar refractivity (Wildman–Crippen MR) is 81.3 cm³/mol. The Balaban J connectivity index is 2.52. The first-order valence-corrected chi connectivity index (χ1v) is 7.02. The van der Waals surface area contributed by atoms with Gasteiger partial charge in [-0.3, -0.25) is 0 Å². The molecule has 1 heterocycles. The monoisotopic (exact) mass is 305 g/mol. The van der Waals surface area contributed by atoms with Gasteiger partial charge in [-0.25, -0.2) is 9.59 Å². The summed E-state index contributed by atoms with van der Waals surface area (Å²) in [6.07, 6.45) is -0.965. The molecule has 0 fully saturated rings. The van der Waals surface area contributed by atoms with E-state index in [1.165, 1.54) is 6.92 Å². The molecule has 2 aromatic rings. The Bertz CT molecular complexity index is 732. The maximum absolute atomic E-state index is 12.2. The van der Waals surface area contributed by atoms with Crippen molar-refractivity contribution in [2.24, 2.45) is 7.05 Å². The molecule has 1 aromatic heterocycles. The van der Waals surface area contributed by atoms with Crippen molar-refractivity contribution in [2.75, 3.05) is 6.61 Å². The molecule has 0 bridgehead atoms. The maximum Gasteiger partial charge on any atom is 0.344 e. The third-order valence-corrected chi connectivity index (χ3v) is 3.60. The Morgan fingerprint density at radius 2 is 2.05 bits per heavy atom. The first kappa shape index (κ1) is 15.9. The van der Waals surface area contributed by atoms with E-state index in [-0.39, 0.29) is 0 Å². The van der Waals surface area contributed by atoms with Crippen LogP contribution < -0.4 is 4.74 Å². The highest BCUT2D eigenvalue weighted by Crippen LogP contribution is 2.29. The second-order valence-electron chi connectivity index (χ2n) is 5.02. The van der Waals surface area contributed by atoms with Crippen LogP contribution in [0.4, 0.5) is 0 Å². The van der Waals surface area contributed by atoms with Crippen LogP contribution in [-0.4, -0.2) is 34.3 Å². The number of rotatable bonds is 5. The van der Waals surface area contributed by atoms with Gasteiger partial charge in [0, 0.05) is 23.6 Å². The summed E-state index contributed by atoms with van der Waals surface area (Å²) in [6.45, 7) is 5.34. The Kier molecular flexibility index (Phi) is 4.40. The number of aliphatic carboxylic acids is 1. The highest BCUT2D eigenvalue weighted by Gasteiger charge is 2.21. The molecular formula is C16H19NO5. The molecule has 22 heavy (non-hydrogen) atoms. The van der Waals surface area contributed by atoms with Gasteiger partial charge < -0.3 is 19.1 Å². The topological polar surface area (TPSA) is 77.8 Å². The summed E-state index contributed by atoms with van der Waals surface area (Å²) in [5.74, 6) is -1.04. The smallest absolute Gasteiger partial charge is 0.344 e. The Hall–Kier alpha value is -2.50. The molecule has 0 saturated heterocycles. The molecule has 118 valence electrons. The Morgan fingerprint density at radius 3 is 2.64 bits per heavy atom. The van der Waals surface area contributed by atoms with Crippen LogP contribution in [0.5, 0.6) is 5.75 Å². The van der Waals surface area contributed by atoms with E-state index in [1.54, 1.807) is 25.1 Å². The lowest BCUT2D eigenvalue weighted by atomic mass is 10.1. The lowest BCUT2D eigenvalue weighted by Crippen LogP contribution is -2.22. The zero-order chi connectivity index (χ0) is 16.4. The first-order chi connectivity index (χ1) is 10.4. The minimum Gasteiger partial charge on any atom is -0.479 e. The van der Waals surface area contributed by atoms with Crippen molar-refractivity contribution in [1.82, 2.24) is 4.57 Å². The average molecular weight is 305 g/mol. The van der Waals surface area contributed by atoms with Crippen molar-refractivity contribution >= 4 is 22.8 Å². The molecule has 2 rings (SSSR count). The highest BCUT2D eigenvalue weighted by atomic mass is 16.5. The number of aryl methyl sites for hydroxylation is 1. The fourth-order valence-corrected chi connectivity index (χ4v) is 2.34.